The van der Waals surface area contributed by atoms with Gasteiger partial charge in [0.05, 0.1) is 16.3 Å². The number of carbonyl (C=O) groups is 2. The van der Waals surface area contributed by atoms with Crippen molar-refractivity contribution in [2.24, 2.45) is 0 Å². The Kier molecular flexibility index (Phi) is 7.91. The lowest BCUT2D eigenvalue weighted by molar-refractivity contribution is -0.132. The van der Waals surface area contributed by atoms with Crippen LogP contribution >= 0.6 is 35.4 Å². The Morgan fingerprint density at radius 1 is 1.07 bits per heavy atom. The van der Waals surface area contributed by atoms with Crippen molar-refractivity contribution >= 4 is 67.9 Å². The van der Waals surface area contributed by atoms with E-state index in [1.54, 1.807) is 42.5 Å². The second-order valence-electron chi connectivity index (χ2n) is 12.2. The molecule has 2 heterocycles. The number of benzene rings is 3. The summed E-state index contributed by atoms with van der Waals surface area (Å²) < 4.78 is 48.4. The second kappa shape index (κ2) is 11.2. The summed E-state index contributed by atoms with van der Waals surface area (Å²) in [5.41, 5.74) is -0.198. The van der Waals surface area contributed by atoms with Gasteiger partial charge in [-0.15, -0.1) is 0 Å². The van der Waals surface area contributed by atoms with Crippen LogP contribution in [0.25, 0.3) is 0 Å². The number of carbonyl (C=O) groups excluding carboxylic acids is 2. The standard InChI is InChI=1S/C32H30Cl2FN3O5S2/c1-16-4-7-19(35)14-21(16)28-32(23-10-5-18(34)13-25(23)36-30(32)40)24(15-27(44)37-28)22-12-17(33)6-11-26(22)43-31(2,3)29(39)38-45(41,42)20-8-9-20/h4-7,10-14,20,24,28H,8-9,15H2,1-3H3,(H,36,40)(H,37,44)(H,38,39)/t24-,28+,32-/m1/s1. The Balaban J connectivity index is 1.53. The van der Waals surface area contributed by atoms with Gasteiger partial charge in [-0.2, -0.15) is 0 Å². The molecule has 3 aromatic carbocycles. The van der Waals surface area contributed by atoms with Gasteiger partial charge in [0.1, 0.15) is 17.0 Å². The summed E-state index contributed by atoms with van der Waals surface area (Å²) >= 11 is 18.7. The zero-order valence-electron chi connectivity index (χ0n) is 24.5. The maximum atomic E-state index is 14.8. The fourth-order valence-electron chi connectivity index (χ4n) is 6.36. The predicted octanol–water partition coefficient (Wildman–Crippen LogP) is 6.24. The largest absolute Gasteiger partial charge is 0.478 e. The molecule has 2 fully saturated rings. The third kappa shape index (κ3) is 5.58. The number of sulfonamides is 1. The first-order valence-corrected chi connectivity index (χ1v) is 17.1. The van der Waals surface area contributed by atoms with Crippen molar-refractivity contribution < 1.29 is 27.1 Å². The number of hydrogen-bond acceptors (Lipinski definition) is 6. The first-order valence-electron chi connectivity index (χ1n) is 14.3. The Morgan fingerprint density at radius 2 is 1.76 bits per heavy atom. The zero-order chi connectivity index (χ0) is 32.5. The Bertz CT molecular complexity index is 1880. The number of hydrogen-bond donors (Lipinski definition) is 3. The number of rotatable bonds is 7. The minimum atomic E-state index is -3.83. The van der Waals surface area contributed by atoms with Crippen LogP contribution in [0.5, 0.6) is 5.75 Å². The quantitative estimate of drug-likeness (QED) is 0.252. The zero-order valence-corrected chi connectivity index (χ0v) is 27.7. The molecule has 3 aliphatic rings. The molecule has 2 amide bonds. The number of ether oxygens (including phenoxy) is 1. The molecule has 2 aliphatic heterocycles. The first-order chi connectivity index (χ1) is 21.1. The molecule has 3 aromatic rings. The van der Waals surface area contributed by atoms with Crippen LogP contribution in [0.3, 0.4) is 0 Å². The van der Waals surface area contributed by atoms with E-state index in [2.05, 4.69) is 15.4 Å². The van der Waals surface area contributed by atoms with Crippen LogP contribution in [0.1, 0.15) is 67.3 Å². The molecule has 45 heavy (non-hydrogen) atoms. The fraction of sp³-hybridized carbons (Fsp3) is 0.344. The summed E-state index contributed by atoms with van der Waals surface area (Å²) in [5, 5.41) is 6.47. The molecule has 1 saturated heterocycles. The molecule has 8 nitrogen and oxygen atoms in total. The van der Waals surface area contributed by atoms with Gasteiger partial charge in [-0.05, 0) is 92.8 Å². The molecule has 6 rings (SSSR count). The lowest BCUT2D eigenvalue weighted by Crippen LogP contribution is -2.56. The number of nitrogens with one attached hydrogen (secondary N) is 3. The highest BCUT2D eigenvalue weighted by Gasteiger charge is 2.61. The highest BCUT2D eigenvalue weighted by Crippen LogP contribution is 2.59. The molecule has 0 bridgehead atoms. The molecular formula is C32H30Cl2FN3O5S2. The molecule has 0 radical (unpaired) electrons. The number of halogens is 3. The minimum absolute atomic E-state index is 0.176. The fourth-order valence-corrected chi connectivity index (χ4v) is 8.43. The van der Waals surface area contributed by atoms with Crippen LogP contribution in [-0.4, -0.2) is 36.1 Å². The van der Waals surface area contributed by atoms with Crippen molar-refractivity contribution in [2.75, 3.05) is 5.32 Å². The van der Waals surface area contributed by atoms with E-state index in [0.717, 1.165) is 5.56 Å². The van der Waals surface area contributed by atoms with Crippen LogP contribution in [-0.2, 0) is 25.0 Å². The number of thiocarbonyl (C=S) groups is 1. The number of fused-ring (bicyclic) bond motifs is 2. The normalized spacial score (nSPS) is 22.9. The van der Waals surface area contributed by atoms with Crippen LogP contribution in [0.15, 0.2) is 54.6 Å². The smallest absolute Gasteiger partial charge is 0.277 e. The maximum absolute atomic E-state index is 14.8. The SMILES string of the molecule is Cc1ccc(F)cc1[C@@H]1NC(=S)C[C@H](c2cc(Cl)ccc2OC(C)(C)C(=O)NS(=O)(=O)C2CC2)[C@@]12C(=O)Nc1cc(Cl)ccc12. The highest BCUT2D eigenvalue weighted by molar-refractivity contribution is 7.91. The second-order valence-corrected chi connectivity index (χ2v) is 15.6. The molecule has 236 valence electrons. The van der Waals surface area contributed by atoms with Crippen molar-refractivity contribution in [1.82, 2.24) is 10.0 Å². The Hall–Kier alpha value is -3.25. The minimum Gasteiger partial charge on any atom is -0.478 e. The summed E-state index contributed by atoms with van der Waals surface area (Å²) in [6.45, 7) is 4.76. The van der Waals surface area contributed by atoms with E-state index in [9.17, 15) is 22.4 Å². The van der Waals surface area contributed by atoms with Gasteiger partial charge in [0.25, 0.3) is 5.91 Å². The summed E-state index contributed by atoms with van der Waals surface area (Å²) in [5.74, 6) is -2.20. The predicted molar refractivity (Wildman–Crippen MR) is 175 cm³/mol. The molecule has 1 saturated carbocycles. The van der Waals surface area contributed by atoms with E-state index in [1.165, 1.54) is 26.0 Å². The molecule has 0 unspecified atom stereocenters. The van der Waals surface area contributed by atoms with Gasteiger partial charge >= 0.3 is 0 Å². The van der Waals surface area contributed by atoms with Gasteiger partial charge in [0, 0.05) is 33.6 Å². The first kappa shape index (κ1) is 31.7. The van der Waals surface area contributed by atoms with E-state index in [0.29, 0.717) is 50.3 Å². The van der Waals surface area contributed by atoms with Gasteiger partial charge < -0.3 is 15.4 Å². The Morgan fingerprint density at radius 3 is 2.47 bits per heavy atom. The molecule has 0 aromatic heterocycles. The van der Waals surface area contributed by atoms with Crippen molar-refractivity contribution in [3.63, 3.8) is 0 Å². The van der Waals surface area contributed by atoms with E-state index >= 15 is 0 Å². The van der Waals surface area contributed by atoms with Gasteiger partial charge in [-0.25, -0.2) is 17.5 Å². The maximum Gasteiger partial charge on any atom is 0.277 e. The average Bonchev–Trinajstić information content (AvgIpc) is 3.78. The number of aryl methyl sites for hydroxylation is 1. The van der Waals surface area contributed by atoms with Crippen molar-refractivity contribution in [2.45, 2.75) is 68.3 Å². The van der Waals surface area contributed by atoms with E-state index < -0.39 is 50.0 Å². The third-order valence-corrected chi connectivity index (χ3v) is 11.3. The lowest BCUT2D eigenvalue weighted by atomic mass is 9.59. The summed E-state index contributed by atoms with van der Waals surface area (Å²) in [4.78, 5) is 28.1. The highest BCUT2D eigenvalue weighted by atomic mass is 35.5. The van der Waals surface area contributed by atoms with E-state index in [4.69, 9.17) is 40.2 Å². The molecule has 1 spiro atoms. The van der Waals surface area contributed by atoms with Crippen LogP contribution in [0, 0.1) is 12.7 Å². The number of anilines is 1. The van der Waals surface area contributed by atoms with Gasteiger partial charge in [0.2, 0.25) is 15.9 Å². The van der Waals surface area contributed by atoms with Crippen molar-refractivity contribution in [1.29, 1.82) is 0 Å². The van der Waals surface area contributed by atoms with Crippen molar-refractivity contribution in [3.05, 3.63) is 92.7 Å². The number of piperidine rings is 1. The van der Waals surface area contributed by atoms with E-state index in [-0.39, 0.29) is 18.1 Å². The third-order valence-electron chi connectivity index (χ3n) is 8.76. The summed E-state index contributed by atoms with van der Waals surface area (Å²) in [6, 6.07) is 13.5. The lowest BCUT2D eigenvalue weighted by Gasteiger charge is -2.48. The van der Waals surface area contributed by atoms with Crippen molar-refractivity contribution in [3.8, 4) is 5.75 Å². The van der Waals surface area contributed by atoms with Crippen LogP contribution in [0.4, 0.5) is 10.1 Å². The molecule has 1 aliphatic carbocycles. The monoisotopic (exact) mass is 689 g/mol. The molecule has 3 atom stereocenters. The van der Waals surface area contributed by atoms with Gasteiger partial charge in [0.15, 0.2) is 5.60 Å². The van der Waals surface area contributed by atoms with Crippen LogP contribution in [0.2, 0.25) is 10.0 Å². The molecule has 13 heteroatoms. The average molecular weight is 691 g/mol. The number of amides is 2. The molecular weight excluding hydrogens is 660 g/mol. The summed E-state index contributed by atoms with van der Waals surface area (Å²) in [6.07, 6.45) is 1.16. The van der Waals surface area contributed by atoms with E-state index in [1.807, 2.05) is 6.92 Å². The topological polar surface area (TPSA) is 114 Å². The Labute approximate surface area is 276 Å². The van der Waals surface area contributed by atoms with Gasteiger partial charge in [-0.1, -0.05) is 47.6 Å². The molecule has 3 N–H and O–H groups in total. The van der Waals surface area contributed by atoms with Crippen LogP contribution < -0.4 is 20.1 Å². The van der Waals surface area contributed by atoms with Gasteiger partial charge in [-0.3, -0.25) is 9.59 Å². The summed E-state index contributed by atoms with van der Waals surface area (Å²) in [7, 11) is -3.83.